The lowest BCUT2D eigenvalue weighted by molar-refractivity contribution is -0.688. The minimum atomic E-state index is 0.701. The molecule has 2 aromatic carbocycles. The van der Waals surface area contributed by atoms with Gasteiger partial charge in [-0.1, -0.05) is 67.6 Å². The fourth-order valence-electron chi connectivity index (χ4n) is 2.82. The maximum absolute atomic E-state index is 10.7. The van der Waals surface area contributed by atoms with E-state index in [4.69, 9.17) is 0 Å². The molecule has 3 rings (SSSR count). The lowest BCUT2D eigenvalue weighted by atomic mass is 10.1. The minimum absolute atomic E-state index is 0.701. The zero-order valence-corrected chi connectivity index (χ0v) is 14.4. The molecule has 1 heterocycles. The molecule has 2 nitrogen and oxygen atoms in total. The molecule has 0 N–H and O–H groups in total. The Kier molecular flexibility index (Phi) is 5.53. The Bertz CT molecular complexity index is 864. The maximum Gasteiger partial charge on any atom is 0.176 e. The highest BCUT2D eigenvalue weighted by Gasteiger charge is 2.07. The van der Waals surface area contributed by atoms with E-state index >= 15 is 0 Å². The maximum atomic E-state index is 10.7. The summed E-state index contributed by atoms with van der Waals surface area (Å²) in [5.74, 6) is 0. The van der Waals surface area contributed by atoms with Gasteiger partial charge in [0.25, 0.3) is 0 Å². The van der Waals surface area contributed by atoms with Crippen molar-refractivity contribution in [2.24, 2.45) is 0 Å². The number of hydrogen-bond donors (Lipinski definition) is 0. The molecule has 3 aromatic rings. The molecule has 0 bridgehead atoms. The van der Waals surface area contributed by atoms with Crippen LogP contribution in [0.25, 0.3) is 12.2 Å². The van der Waals surface area contributed by atoms with E-state index in [1.54, 1.807) is 0 Å². The van der Waals surface area contributed by atoms with Crippen LogP contribution in [0.1, 0.15) is 39.5 Å². The van der Waals surface area contributed by atoms with E-state index in [9.17, 15) is 4.79 Å². The monoisotopic (exact) mass is 328 g/mol. The third-order valence-electron chi connectivity index (χ3n) is 4.26. The molecule has 0 radical (unpaired) electrons. The standard InChI is InChI=1S/C23H22NO/c1-2-22-14-15-24(16-20-6-4-3-5-7-20)17-23(22)13-12-19-8-10-21(18-25)11-9-19/h3-15,17-18H,2,16H2,1H3/q+1. The highest BCUT2D eigenvalue weighted by Crippen LogP contribution is 2.13. The van der Waals surface area contributed by atoms with Gasteiger partial charge in [-0.3, -0.25) is 4.79 Å². The van der Waals surface area contributed by atoms with E-state index in [0.29, 0.717) is 5.56 Å². The van der Waals surface area contributed by atoms with Gasteiger partial charge in [0.2, 0.25) is 0 Å². The van der Waals surface area contributed by atoms with Crippen molar-refractivity contribution in [3.63, 3.8) is 0 Å². The fraction of sp³-hybridized carbons (Fsp3) is 0.130. The van der Waals surface area contributed by atoms with Crippen LogP contribution in [0.4, 0.5) is 0 Å². The van der Waals surface area contributed by atoms with E-state index < -0.39 is 0 Å². The van der Waals surface area contributed by atoms with E-state index in [1.807, 2.05) is 30.3 Å². The van der Waals surface area contributed by atoms with Crippen LogP contribution < -0.4 is 4.57 Å². The molecule has 124 valence electrons. The smallest absolute Gasteiger partial charge is 0.176 e. The molecule has 25 heavy (non-hydrogen) atoms. The first-order valence-electron chi connectivity index (χ1n) is 8.57. The molecular formula is C23H22NO+. The summed E-state index contributed by atoms with van der Waals surface area (Å²) in [5.41, 5.74) is 5.62. The molecule has 0 aliphatic heterocycles. The number of pyridine rings is 1. The van der Waals surface area contributed by atoms with E-state index in [2.05, 4.69) is 66.4 Å². The van der Waals surface area contributed by atoms with Crippen molar-refractivity contribution in [1.82, 2.24) is 0 Å². The summed E-state index contributed by atoms with van der Waals surface area (Å²) in [5, 5.41) is 0. The Hall–Kier alpha value is -3.00. The normalized spacial score (nSPS) is 10.9. The number of aryl methyl sites for hydroxylation is 1. The molecule has 0 saturated carbocycles. The third-order valence-corrected chi connectivity index (χ3v) is 4.26. The van der Waals surface area contributed by atoms with Gasteiger partial charge in [0.15, 0.2) is 18.9 Å². The van der Waals surface area contributed by atoms with Crippen LogP contribution in [0.3, 0.4) is 0 Å². The topological polar surface area (TPSA) is 20.9 Å². The van der Waals surface area contributed by atoms with Gasteiger partial charge in [0.05, 0.1) is 0 Å². The Morgan fingerprint density at radius 2 is 1.60 bits per heavy atom. The second-order valence-corrected chi connectivity index (χ2v) is 6.05. The molecule has 0 fully saturated rings. The number of aldehydes is 1. The molecular weight excluding hydrogens is 306 g/mol. The van der Waals surface area contributed by atoms with Gasteiger partial charge in [-0.15, -0.1) is 0 Å². The summed E-state index contributed by atoms with van der Waals surface area (Å²) in [6.45, 7) is 3.03. The highest BCUT2D eigenvalue weighted by atomic mass is 16.1. The summed E-state index contributed by atoms with van der Waals surface area (Å²) in [6, 6.07) is 20.3. The first-order chi connectivity index (χ1) is 12.3. The molecule has 0 amide bonds. The van der Waals surface area contributed by atoms with Gasteiger partial charge in [0, 0.05) is 22.8 Å². The lowest BCUT2D eigenvalue weighted by Crippen LogP contribution is -2.34. The van der Waals surface area contributed by atoms with Crippen LogP contribution in [0.2, 0.25) is 0 Å². The second-order valence-electron chi connectivity index (χ2n) is 6.05. The Morgan fingerprint density at radius 1 is 0.880 bits per heavy atom. The van der Waals surface area contributed by atoms with Gasteiger partial charge < -0.3 is 0 Å². The van der Waals surface area contributed by atoms with Crippen molar-refractivity contribution >= 4 is 18.4 Å². The van der Waals surface area contributed by atoms with Gasteiger partial charge in [-0.2, -0.15) is 0 Å². The summed E-state index contributed by atoms with van der Waals surface area (Å²) < 4.78 is 2.21. The van der Waals surface area contributed by atoms with Crippen LogP contribution in [0.15, 0.2) is 73.1 Å². The van der Waals surface area contributed by atoms with Gasteiger partial charge >= 0.3 is 0 Å². The predicted molar refractivity (Wildman–Crippen MR) is 102 cm³/mol. The van der Waals surface area contributed by atoms with E-state index in [0.717, 1.165) is 24.8 Å². The van der Waals surface area contributed by atoms with Crippen molar-refractivity contribution in [3.8, 4) is 0 Å². The zero-order valence-electron chi connectivity index (χ0n) is 14.4. The largest absolute Gasteiger partial charge is 0.298 e. The summed E-state index contributed by atoms with van der Waals surface area (Å²) in [6.07, 6.45) is 10.4. The van der Waals surface area contributed by atoms with Gasteiger partial charge in [-0.05, 0) is 23.6 Å². The lowest BCUT2D eigenvalue weighted by Gasteiger charge is -2.04. The molecule has 2 heteroatoms. The van der Waals surface area contributed by atoms with E-state index in [1.165, 1.54) is 16.7 Å². The van der Waals surface area contributed by atoms with Crippen molar-refractivity contribution < 1.29 is 9.36 Å². The third kappa shape index (κ3) is 4.51. The van der Waals surface area contributed by atoms with Crippen molar-refractivity contribution in [2.75, 3.05) is 0 Å². The first-order valence-corrected chi connectivity index (χ1v) is 8.57. The molecule has 0 aliphatic carbocycles. The highest BCUT2D eigenvalue weighted by molar-refractivity contribution is 5.76. The number of carbonyl (C=O) groups excluding carboxylic acids is 1. The fourth-order valence-corrected chi connectivity index (χ4v) is 2.82. The van der Waals surface area contributed by atoms with Crippen molar-refractivity contribution in [3.05, 3.63) is 101 Å². The van der Waals surface area contributed by atoms with Gasteiger partial charge in [-0.25, -0.2) is 4.57 Å². The van der Waals surface area contributed by atoms with E-state index in [-0.39, 0.29) is 0 Å². The van der Waals surface area contributed by atoms with Crippen LogP contribution in [-0.4, -0.2) is 6.29 Å². The Morgan fingerprint density at radius 3 is 2.28 bits per heavy atom. The summed E-state index contributed by atoms with van der Waals surface area (Å²) >= 11 is 0. The Labute approximate surface area is 149 Å². The molecule has 0 unspecified atom stereocenters. The number of benzene rings is 2. The molecule has 0 spiro atoms. The number of aromatic nitrogens is 1. The number of carbonyl (C=O) groups is 1. The van der Waals surface area contributed by atoms with Crippen LogP contribution >= 0.6 is 0 Å². The zero-order chi connectivity index (χ0) is 17.5. The van der Waals surface area contributed by atoms with Crippen molar-refractivity contribution in [1.29, 1.82) is 0 Å². The molecule has 0 atom stereocenters. The van der Waals surface area contributed by atoms with Gasteiger partial charge in [0.1, 0.15) is 6.29 Å². The predicted octanol–water partition coefficient (Wildman–Crippen LogP) is 4.57. The number of rotatable bonds is 6. The van der Waals surface area contributed by atoms with Crippen LogP contribution in [-0.2, 0) is 13.0 Å². The second kappa shape index (κ2) is 8.20. The summed E-state index contributed by atoms with van der Waals surface area (Å²) in [7, 11) is 0. The Balaban J connectivity index is 1.84. The summed E-state index contributed by atoms with van der Waals surface area (Å²) in [4.78, 5) is 10.7. The molecule has 0 aliphatic rings. The molecule has 1 aromatic heterocycles. The van der Waals surface area contributed by atoms with Crippen LogP contribution in [0, 0.1) is 0 Å². The SMILES string of the molecule is CCc1cc[n+](Cc2ccccc2)cc1C=Cc1ccc(C=O)cc1. The molecule has 0 saturated heterocycles. The average molecular weight is 328 g/mol. The first kappa shape index (κ1) is 16.8. The number of nitrogens with zero attached hydrogens (tertiary/aromatic N) is 1. The average Bonchev–Trinajstić information content (AvgIpc) is 2.68. The van der Waals surface area contributed by atoms with Crippen LogP contribution in [0.5, 0.6) is 0 Å². The number of hydrogen-bond acceptors (Lipinski definition) is 1. The quantitative estimate of drug-likeness (QED) is 0.480. The minimum Gasteiger partial charge on any atom is -0.298 e. The van der Waals surface area contributed by atoms with Crippen molar-refractivity contribution in [2.45, 2.75) is 19.9 Å².